The van der Waals surface area contributed by atoms with Gasteiger partial charge in [0.2, 0.25) is 5.91 Å². The molecule has 150 valence electrons. The molecule has 0 radical (unpaired) electrons. The molecule has 0 saturated carbocycles. The zero-order valence-electron chi connectivity index (χ0n) is 15.9. The van der Waals surface area contributed by atoms with Gasteiger partial charge in [0.15, 0.2) is 0 Å². The lowest BCUT2D eigenvalue weighted by molar-refractivity contribution is -0.137. The molecule has 2 aromatic rings. The van der Waals surface area contributed by atoms with Crippen LogP contribution in [0.5, 0.6) is 5.75 Å². The van der Waals surface area contributed by atoms with E-state index in [9.17, 15) is 4.79 Å². The fourth-order valence-corrected chi connectivity index (χ4v) is 3.48. The van der Waals surface area contributed by atoms with Crippen LogP contribution in [0.3, 0.4) is 0 Å². The number of carbonyl (C=O) groups is 1. The number of thioether (sulfide) groups is 1. The summed E-state index contributed by atoms with van der Waals surface area (Å²) in [5, 5.41) is 4.09. The average Bonchev–Trinajstić information content (AvgIpc) is 3.25. The van der Waals surface area contributed by atoms with Gasteiger partial charge in [-0.15, -0.1) is 0 Å². The quantitative estimate of drug-likeness (QED) is 0.649. The first kappa shape index (κ1) is 20.6. The number of rotatable bonds is 6. The van der Waals surface area contributed by atoms with Crippen molar-refractivity contribution in [3.63, 3.8) is 0 Å². The van der Waals surface area contributed by atoms with Crippen molar-refractivity contribution in [3.05, 3.63) is 36.9 Å². The van der Waals surface area contributed by atoms with Gasteiger partial charge in [-0.05, 0) is 24.3 Å². The first-order valence-corrected chi connectivity index (χ1v) is 10.2. The largest absolute Gasteiger partial charge is 0.491 e. The minimum absolute atomic E-state index is 0.0692. The summed E-state index contributed by atoms with van der Waals surface area (Å²) in [6.45, 7) is 2.01. The maximum absolute atomic E-state index is 12.4. The van der Waals surface area contributed by atoms with Crippen LogP contribution < -0.4 is 4.74 Å². The fourth-order valence-electron chi connectivity index (χ4n) is 2.62. The van der Waals surface area contributed by atoms with Gasteiger partial charge in [-0.1, -0.05) is 24.0 Å². The normalized spacial score (nSPS) is 16.6. The highest BCUT2D eigenvalue weighted by Crippen LogP contribution is 2.16. The molecule has 1 unspecified atom stereocenters. The lowest BCUT2D eigenvalue weighted by Crippen LogP contribution is -2.48. The van der Waals surface area contributed by atoms with Gasteiger partial charge < -0.3 is 19.3 Å². The van der Waals surface area contributed by atoms with Gasteiger partial charge in [0.05, 0.1) is 24.6 Å². The van der Waals surface area contributed by atoms with E-state index in [1.54, 1.807) is 11.0 Å². The lowest BCUT2D eigenvalue weighted by atomic mass is 10.2. The molecule has 1 aliphatic rings. The van der Waals surface area contributed by atoms with Crippen LogP contribution in [0, 0.1) is 0 Å². The third-order valence-electron chi connectivity index (χ3n) is 4.13. The third-order valence-corrected chi connectivity index (χ3v) is 5.85. The van der Waals surface area contributed by atoms with E-state index >= 15 is 0 Å². The number of thiocarbonyl (C=S) groups is 1. The number of ether oxygens (including phenoxy) is 2. The second-order valence-electron chi connectivity index (χ2n) is 6.43. The second-order valence-corrected chi connectivity index (χ2v) is 8.04. The van der Waals surface area contributed by atoms with Crippen molar-refractivity contribution in [3.8, 4) is 11.4 Å². The molecule has 1 aliphatic heterocycles. The molecule has 2 heterocycles. The first-order valence-electron chi connectivity index (χ1n) is 8.84. The molecular weight excluding hydrogens is 398 g/mol. The summed E-state index contributed by atoms with van der Waals surface area (Å²) in [6, 6.07) is 7.57. The molecule has 0 aliphatic carbocycles. The van der Waals surface area contributed by atoms with Crippen molar-refractivity contribution in [1.29, 1.82) is 0 Å². The Labute approximate surface area is 173 Å². The molecule has 1 atom stereocenters. The Bertz CT molecular complexity index is 783. The van der Waals surface area contributed by atoms with E-state index in [1.807, 2.05) is 48.2 Å². The van der Waals surface area contributed by atoms with Gasteiger partial charge in [-0.3, -0.25) is 4.79 Å². The van der Waals surface area contributed by atoms with Gasteiger partial charge in [-0.2, -0.15) is 5.10 Å². The summed E-state index contributed by atoms with van der Waals surface area (Å²) in [6.07, 6.45) is 2.98. The smallest absolute Gasteiger partial charge is 0.233 e. The fraction of sp³-hybridized carbons (Fsp3) is 0.444. The zero-order valence-corrected chi connectivity index (χ0v) is 17.5. The number of amides is 1. The average molecular weight is 422 g/mol. The summed E-state index contributed by atoms with van der Waals surface area (Å²) < 4.78 is 14.0. The molecule has 8 nitrogen and oxygen atoms in total. The molecule has 1 fully saturated rings. The minimum Gasteiger partial charge on any atom is -0.491 e. The molecule has 28 heavy (non-hydrogen) atoms. The van der Waals surface area contributed by atoms with Crippen LogP contribution in [-0.2, 0) is 9.53 Å². The molecule has 0 bridgehead atoms. The lowest BCUT2D eigenvalue weighted by Gasteiger charge is -2.33. The molecule has 0 N–H and O–H groups in total. The number of morpholine rings is 1. The molecule has 3 rings (SSSR count). The van der Waals surface area contributed by atoms with E-state index in [1.165, 1.54) is 18.1 Å². The standard InChI is InChI=1S/C18H23N5O3S2/c1-21(2)18(27)28-11-17(24)22-7-8-25-16(9-22)10-26-15-5-3-14(4-6-15)23-13-19-12-20-23/h3-6,12-13,16H,7-11H2,1-2H3. The van der Waals surface area contributed by atoms with Crippen molar-refractivity contribution >= 4 is 34.2 Å². The molecule has 1 saturated heterocycles. The van der Waals surface area contributed by atoms with Gasteiger partial charge in [0.1, 0.15) is 35.4 Å². The summed E-state index contributed by atoms with van der Waals surface area (Å²) in [5.41, 5.74) is 0.906. The van der Waals surface area contributed by atoms with Crippen LogP contribution in [-0.4, -0.2) is 87.0 Å². The Morgan fingerprint density at radius 1 is 1.39 bits per heavy atom. The van der Waals surface area contributed by atoms with Crippen LogP contribution in [0.1, 0.15) is 0 Å². The Kier molecular flexibility index (Phi) is 7.24. The Morgan fingerprint density at radius 2 is 2.18 bits per heavy atom. The Balaban J connectivity index is 1.46. The van der Waals surface area contributed by atoms with Gasteiger partial charge in [0.25, 0.3) is 0 Å². The van der Waals surface area contributed by atoms with Crippen LogP contribution in [0.4, 0.5) is 0 Å². The molecule has 1 aromatic heterocycles. The highest BCUT2D eigenvalue weighted by Gasteiger charge is 2.25. The van der Waals surface area contributed by atoms with E-state index in [-0.39, 0.29) is 12.0 Å². The summed E-state index contributed by atoms with van der Waals surface area (Å²) in [4.78, 5) is 20.0. The van der Waals surface area contributed by atoms with Gasteiger partial charge in [0, 0.05) is 20.6 Å². The number of benzene rings is 1. The zero-order chi connectivity index (χ0) is 19.9. The summed E-state index contributed by atoms with van der Waals surface area (Å²) in [7, 11) is 3.75. The SMILES string of the molecule is CN(C)C(=S)SCC(=O)N1CCOC(COc2ccc(-n3cncn3)cc2)C1. The first-order chi connectivity index (χ1) is 13.5. The van der Waals surface area contributed by atoms with Gasteiger partial charge in [-0.25, -0.2) is 9.67 Å². The van der Waals surface area contributed by atoms with Crippen molar-refractivity contribution in [2.24, 2.45) is 0 Å². The van der Waals surface area contributed by atoms with Crippen LogP contribution >= 0.6 is 24.0 Å². The van der Waals surface area contributed by atoms with Gasteiger partial charge >= 0.3 is 0 Å². The predicted molar refractivity (Wildman–Crippen MR) is 112 cm³/mol. The van der Waals surface area contributed by atoms with E-state index < -0.39 is 0 Å². The Hall–Kier alpha value is -2.17. The van der Waals surface area contributed by atoms with Crippen LogP contribution in [0.25, 0.3) is 5.69 Å². The third kappa shape index (κ3) is 5.66. The van der Waals surface area contributed by atoms with Crippen molar-refractivity contribution in [2.75, 3.05) is 46.2 Å². The van der Waals surface area contributed by atoms with Crippen molar-refractivity contribution in [1.82, 2.24) is 24.6 Å². The minimum atomic E-state index is -0.154. The maximum Gasteiger partial charge on any atom is 0.233 e. The second kappa shape index (κ2) is 9.85. The van der Waals surface area contributed by atoms with Crippen LogP contribution in [0.2, 0.25) is 0 Å². The number of hydrogen-bond acceptors (Lipinski definition) is 7. The maximum atomic E-state index is 12.4. The monoisotopic (exact) mass is 421 g/mol. The van der Waals surface area contributed by atoms with E-state index in [0.717, 1.165) is 11.4 Å². The highest BCUT2D eigenvalue weighted by atomic mass is 32.2. The Morgan fingerprint density at radius 3 is 2.86 bits per heavy atom. The summed E-state index contributed by atoms with van der Waals surface area (Å²) >= 11 is 6.60. The molecular formula is C18H23N5O3S2. The number of nitrogens with zero attached hydrogens (tertiary/aromatic N) is 5. The summed E-state index contributed by atoms with van der Waals surface area (Å²) in [5.74, 6) is 1.15. The molecule has 1 aromatic carbocycles. The molecule has 1 amide bonds. The number of carbonyl (C=O) groups excluding carboxylic acids is 1. The number of aromatic nitrogens is 3. The van der Waals surface area contributed by atoms with Crippen molar-refractivity contribution in [2.45, 2.75) is 6.10 Å². The van der Waals surface area contributed by atoms with Crippen LogP contribution in [0.15, 0.2) is 36.9 Å². The van der Waals surface area contributed by atoms with E-state index in [4.69, 9.17) is 21.7 Å². The van der Waals surface area contributed by atoms with Crippen molar-refractivity contribution < 1.29 is 14.3 Å². The number of hydrogen-bond donors (Lipinski definition) is 0. The van der Waals surface area contributed by atoms with E-state index in [0.29, 0.717) is 36.4 Å². The van der Waals surface area contributed by atoms with E-state index in [2.05, 4.69) is 10.1 Å². The molecule has 0 spiro atoms. The topological polar surface area (TPSA) is 72.7 Å². The molecule has 10 heteroatoms. The predicted octanol–water partition coefficient (Wildman–Crippen LogP) is 1.45. The highest BCUT2D eigenvalue weighted by molar-refractivity contribution is 8.23.